The van der Waals surface area contributed by atoms with Gasteiger partial charge < -0.3 is 5.73 Å². The van der Waals surface area contributed by atoms with E-state index in [9.17, 15) is 8.78 Å². The first-order valence-corrected chi connectivity index (χ1v) is 8.09. The summed E-state index contributed by atoms with van der Waals surface area (Å²) in [4.78, 5) is 0. The number of hydrogen-bond donors (Lipinski definition) is 1. The molecule has 0 saturated heterocycles. The maximum absolute atomic E-state index is 14.0. The van der Waals surface area contributed by atoms with Crippen LogP contribution in [-0.4, -0.2) is 0 Å². The van der Waals surface area contributed by atoms with Gasteiger partial charge in [-0.2, -0.15) is 0 Å². The molecule has 3 aromatic rings. The normalized spacial score (nSPS) is 12.8. The fourth-order valence-electron chi connectivity index (χ4n) is 2.37. The first kappa shape index (κ1) is 14.6. The van der Waals surface area contributed by atoms with Gasteiger partial charge in [-0.1, -0.05) is 18.2 Å². The number of benzene rings is 2. The lowest BCUT2D eigenvalue weighted by atomic mass is 9.98. The predicted molar refractivity (Wildman–Crippen MR) is 86.5 cm³/mol. The third kappa shape index (κ3) is 2.73. The summed E-state index contributed by atoms with van der Waals surface area (Å²) in [6.45, 7) is 0. The Morgan fingerprint density at radius 1 is 1.14 bits per heavy atom. The smallest absolute Gasteiger partial charge is 0.143 e. The standard InChI is InChI=1S/C16H12BrF2NS/c17-12-5-6-13(18)10(16(12)19)7-14(20)11-8-21-15-4-2-1-3-9(11)15/h1-6,8,14H,7,20H2. The maximum Gasteiger partial charge on any atom is 0.143 e. The van der Waals surface area contributed by atoms with Crippen molar-refractivity contribution in [2.24, 2.45) is 5.73 Å². The summed E-state index contributed by atoms with van der Waals surface area (Å²) in [5.74, 6) is -1.14. The van der Waals surface area contributed by atoms with E-state index in [1.807, 2.05) is 29.6 Å². The van der Waals surface area contributed by atoms with E-state index in [4.69, 9.17) is 5.73 Å². The van der Waals surface area contributed by atoms with Crippen LogP contribution >= 0.6 is 27.3 Å². The lowest BCUT2D eigenvalue weighted by Crippen LogP contribution is -2.15. The Balaban J connectivity index is 1.97. The van der Waals surface area contributed by atoms with Crippen LogP contribution in [0.15, 0.2) is 46.3 Å². The maximum atomic E-state index is 14.0. The van der Waals surface area contributed by atoms with Crippen molar-refractivity contribution in [2.75, 3.05) is 0 Å². The monoisotopic (exact) mass is 367 g/mol. The molecule has 1 heterocycles. The highest BCUT2D eigenvalue weighted by molar-refractivity contribution is 9.10. The fraction of sp³-hybridized carbons (Fsp3) is 0.125. The summed E-state index contributed by atoms with van der Waals surface area (Å²) in [6.07, 6.45) is 0.123. The van der Waals surface area contributed by atoms with Crippen LogP contribution in [-0.2, 0) is 6.42 Å². The average Bonchev–Trinajstić information content (AvgIpc) is 2.91. The molecule has 1 unspecified atom stereocenters. The molecule has 0 aliphatic heterocycles. The Morgan fingerprint density at radius 3 is 2.71 bits per heavy atom. The highest BCUT2D eigenvalue weighted by Crippen LogP contribution is 2.32. The minimum atomic E-state index is -0.579. The van der Waals surface area contributed by atoms with Crippen LogP contribution in [0.2, 0.25) is 0 Å². The lowest BCUT2D eigenvalue weighted by molar-refractivity contribution is 0.537. The quantitative estimate of drug-likeness (QED) is 0.633. The molecule has 0 bridgehead atoms. The number of halogens is 3. The van der Waals surface area contributed by atoms with Gasteiger partial charge in [0.25, 0.3) is 0 Å². The Bertz CT molecular complexity index is 800. The molecule has 0 radical (unpaired) electrons. The minimum Gasteiger partial charge on any atom is -0.324 e. The summed E-state index contributed by atoms with van der Waals surface area (Å²) in [6, 6.07) is 10.1. The van der Waals surface area contributed by atoms with E-state index in [-0.39, 0.29) is 16.5 Å². The zero-order valence-corrected chi connectivity index (χ0v) is 13.3. The van der Waals surface area contributed by atoms with Gasteiger partial charge in [-0.25, -0.2) is 8.78 Å². The summed E-state index contributed by atoms with van der Waals surface area (Å²) < 4.78 is 29.2. The number of rotatable bonds is 3. The van der Waals surface area contributed by atoms with Gasteiger partial charge >= 0.3 is 0 Å². The predicted octanol–water partition coefficient (Wildman–Crippen LogP) is 5.18. The van der Waals surface area contributed by atoms with Crippen LogP contribution in [0.25, 0.3) is 10.1 Å². The van der Waals surface area contributed by atoms with Crippen molar-refractivity contribution >= 4 is 37.4 Å². The zero-order valence-electron chi connectivity index (χ0n) is 10.9. The van der Waals surface area contributed by atoms with Crippen molar-refractivity contribution in [3.63, 3.8) is 0 Å². The van der Waals surface area contributed by atoms with Crippen LogP contribution in [0.1, 0.15) is 17.2 Å². The fourth-order valence-corrected chi connectivity index (χ4v) is 3.77. The first-order valence-electron chi connectivity index (χ1n) is 6.42. The summed E-state index contributed by atoms with van der Waals surface area (Å²) in [7, 11) is 0. The molecule has 0 amide bonds. The van der Waals surface area contributed by atoms with Gasteiger partial charge in [-0.15, -0.1) is 11.3 Å². The second-order valence-electron chi connectivity index (χ2n) is 4.82. The molecule has 21 heavy (non-hydrogen) atoms. The molecule has 0 aliphatic carbocycles. The number of thiophene rings is 1. The average molecular weight is 368 g/mol. The van der Waals surface area contributed by atoms with Crippen molar-refractivity contribution in [2.45, 2.75) is 12.5 Å². The van der Waals surface area contributed by atoms with Crippen molar-refractivity contribution < 1.29 is 8.78 Å². The summed E-state index contributed by atoms with van der Waals surface area (Å²) >= 11 is 4.67. The van der Waals surface area contributed by atoms with Crippen molar-refractivity contribution in [3.8, 4) is 0 Å². The van der Waals surface area contributed by atoms with E-state index in [1.165, 1.54) is 12.1 Å². The minimum absolute atomic E-state index is 0.0205. The van der Waals surface area contributed by atoms with Gasteiger partial charge in [0.05, 0.1) is 4.47 Å². The SMILES string of the molecule is NC(Cc1c(F)ccc(Br)c1F)c1csc2ccccc12. The van der Waals surface area contributed by atoms with E-state index in [0.29, 0.717) is 0 Å². The van der Waals surface area contributed by atoms with Crippen molar-refractivity contribution in [1.29, 1.82) is 0 Å². The van der Waals surface area contributed by atoms with Crippen LogP contribution in [0.5, 0.6) is 0 Å². The molecule has 108 valence electrons. The van der Waals surface area contributed by atoms with Gasteiger partial charge in [0.15, 0.2) is 0 Å². The topological polar surface area (TPSA) is 26.0 Å². The van der Waals surface area contributed by atoms with Gasteiger partial charge in [-0.3, -0.25) is 0 Å². The van der Waals surface area contributed by atoms with E-state index in [2.05, 4.69) is 15.9 Å². The molecule has 5 heteroatoms. The Labute approximate surface area is 133 Å². The molecule has 0 saturated carbocycles. The first-order chi connectivity index (χ1) is 10.1. The van der Waals surface area contributed by atoms with Gasteiger partial charge in [0.1, 0.15) is 11.6 Å². The van der Waals surface area contributed by atoms with Gasteiger partial charge in [0, 0.05) is 16.3 Å². The van der Waals surface area contributed by atoms with E-state index >= 15 is 0 Å². The summed E-state index contributed by atoms with van der Waals surface area (Å²) in [5.41, 5.74) is 7.13. The number of hydrogen-bond acceptors (Lipinski definition) is 2. The second-order valence-corrected chi connectivity index (χ2v) is 6.59. The number of nitrogens with two attached hydrogens (primary N) is 1. The van der Waals surface area contributed by atoms with Crippen LogP contribution < -0.4 is 5.73 Å². The molecule has 2 N–H and O–H groups in total. The third-order valence-electron chi connectivity index (χ3n) is 3.47. The van der Waals surface area contributed by atoms with E-state index in [0.717, 1.165) is 15.6 Å². The van der Waals surface area contributed by atoms with Crippen LogP contribution in [0, 0.1) is 11.6 Å². The molecular weight excluding hydrogens is 356 g/mol. The Morgan fingerprint density at radius 2 is 1.90 bits per heavy atom. The molecule has 3 rings (SSSR count). The van der Waals surface area contributed by atoms with Crippen molar-refractivity contribution in [1.82, 2.24) is 0 Å². The highest BCUT2D eigenvalue weighted by Gasteiger charge is 2.18. The lowest BCUT2D eigenvalue weighted by Gasteiger charge is -2.13. The zero-order chi connectivity index (χ0) is 15.0. The third-order valence-corrected chi connectivity index (χ3v) is 5.07. The van der Waals surface area contributed by atoms with Crippen LogP contribution in [0.3, 0.4) is 0 Å². The molecule has 2 aromatic carbocycles. The summed E-state index contributed by atoms with van der Waals surface area (Å²) in [5, 5.41) is 3.01. The van der Waals surface area contributed by atoms with Gasteiger partial charge in [-0.05, 0) is 56.9 Å². The second kappa shape index (κ2) is 5.83. The molecule has 1 nitrogen and oxygen atoms in total. The molecule has 1 atom stereocenters. The van der Waals surface area contributed by atoms with Gasteiger partial charge in [0.2, 0.25) is 0 Å². The van der Waals surface area contributed by atoms with Crippen LogP contribution in [0.4, 0.5) is 8.78 Å². The molecule has 1 aromatic heterocycles. The largest absolute Gasteiger partial charge is 0.324 e. The molecule has 0 spiro atoms. The molecular formula is C16H12BrF2NS. The van der Waals surface area contributed by atoms with Crippen molar-refractivity contribution in [3.05, 3.63) is 69.0 Å². The molecule has 0 aliphatic rings. The molecule has 0 fully saturated rings. The Kier molecular flexibility index (Phi) is 4.06. The number of fused-ring (bicyclic) bond motifs is 1. The highest BCUT2D eigenvalue weighted by atomic mass is 79.9. The van der Waals surface area contributed by atoms with E-state index < -0.39 is 17.7 Å². The Hall–Kier alpha value is -1.30. The van der Waals surface area contributed by atoms with E-state index in [1.54, 1.807) is 11.3 Å².